The molecule has 0 N–H and O–H groups in total. The van der Waals surface area contributed by atoms with E-state index in [4.69, 9.17) is 27.6 Å². The highest BCUT2D eigenvalue weighted by molar-refractivity contribution is 6.30. The molecule has 2 aromatic carbocycles. The van der Waals surface area contributed by atoms with Crippen LogP contribution < -0.4 is 0 Å². The summed E-state index contributed by atoms with van der Waals surface area (Å²) in [4.78, 5) is 0. The Balaban J connectivity index is 2.04. The molecule has 0 amide bonds. The van der Waals surface area contributed by atoms with Crippen LogP contribution in [0.4, 0.5) is 4.39 Å². The highest BCUT2D eigenvalue weighted by atomic mass is 35.5. The fraction of sp³-hybridized carbons (Fsp3) is 0. The molecule has 0 aliphatic rings. The SMILES string of the molecule is Fc1c(-c2ccc(Cl)cc2)coc1-c1ccc(Cl)cc1. The second-order valence-corrected chi connectivity index (χ2v) is 5.18. The van der Waals surface area contributed by atoms with Gasteiger partial charge in [0.05, 0.1) is 5.56 Å². The van der Waals surface area contributed by atoms with Gasteiger partial charge in [0.2, 0.25) is 0 Å². The Labute approximate surface area is 125 Å². The zero-order valence-electron chi connectivity index (χ0n) is 10.2. The van der Waals surface area contributed by atoms with Gasteiger partial charge in [-0.3, -0.25) is 0 Å². The molecule has 1 aromatic heterocycles. The summed E-state index contributed by atoms with van der Waals surface area (Å²) in [5.74, 6) is -0.193. The van der Waals surface area contributed by atoms with Crippen LogP contribution in [-0.4, -0.2) is 0 Å². The fourth-order valence-corrected chi connectivity index (χ4v) is 2.22. The van der Waals surface area contributed by atoms with Gasteiger partial charge in [-0.15, -0.1) is 0 Å². The normalized spacial score (nSPS) is 10.8. The maximum absolute atomic E-state index is 14.4. The molecule has 3 aromatic rings. The average molecular weight is 307 g/mol. The molecule has 0 spiro atoms. The van der Waals surface area contributed by atoms with Crippen molar-refractivity contribution in [3.63, 3.8) is 0 Å². The lowest BCUT2D eigenvalue weighted by Gasteiger charge is -1.99. The highest BCUT2D eigenvalue weighted by Gasteiger charge is 2.16. The molecule has 0 atom stereocenters. The topological polar surface area (TPSA) is 13.1 Å². The summed E-state index contributed by atoms with van der Waals surface area (Å²) in [5, 5.41) is 1.20. The van der Waals surface area contributed by atoms with Crippen molar-refractivity contribution in [2.24, 2.45) is 0 Å². The molecule has 3 rings (SSSR count). The summed E-state index contributed by atoms with van der Waals surface area (Å²) in [6, 6.07) is 13.8. The van der Waals surface area contributed by atoms with Gasteiger partial charge in [-0.25, -0.2) is 4.39 Å². The van der Waals surface area contributed by atoms with E-state index in [0.29, 0.717) is 21.2 Å². The second kappa shape index (κ2) is 5.31. The lowest BCUT2D eigenvalue weighted by molar-refractivity contribution is 0.549. The predicted molar refractivity (Wildman–Crippen MR) is 79.6 cm³/mol. The third-order valence-corrected chi connectivity index (χ3v) is 3.50. The van der Waals surface area contributed by atoms with Crippen LogP contribution in [-0.2, 0) is 0 Å². The summed E-state index contributed by atoms with van der Waals surface area (Å²) in [6.45, 7) is 0. The third-order valence-electron chi connectivity index (χ3n) is 2.99. The molecule has 4 heteroatoms. The van der Waals surface area contributed by atoms with Crippen molar-refractivity contribution in [1.29, 1.82) is 0 Å². The minimum absolute atomic E-state index is 0.201. The molecule has 0 radical (unpaired) electrons. The first-order chi connectivity index (χ1) is 9.65. The number of hydrogen-bond acceptors (Lipinski definition) is 1. The molecule has 0 bridgehead atoms. The lowest BCUT2D eigenvalue weighted by atomic mass is 10.1. The van der Waals surface area contributed by atoms with E-state index in [9.17, 15) is 4.39 Å². The summed E-state index contributed by atoms with van der Waals surface area (Å²) >= 11 is 11.6. The zero-order valence-corrected chi connectivity index (χ0v) is 11.8. The number of furan rings is 1. The summed E-state index contributed by atoms with van der Waals surface area (Å²) in [7, 11) is 0. The minimum Gasteiger partial charge on any atom is -0.460 e. The van der Waals surface area contributed by atoms with Crippen LogP contribution in [0.3, 0.4) is 0 Å². The van der Waals surface area contributed by atoms with E-state index in [-0.39, 0.29) is 5.76 Å². The van der Waals surface area contributed by atoms with Crippen LogP contribution in [0.1, 0.15) is 0 Å². The van der Waals surface area contributed by atoms with E-state index in [2.05, 4.69) is 0 Å². The maximum atomic E-state index is 14.4. The molecule has 20 heavy (non-hydrogen) atoms. The summed E-state index contributed by atoms with van der Waals surface area (Å²) in [6.07, 6.45) is 1.41. The smallest absolute Gasteiger partial charge is 0.177 e. The van der Waals surface area contributed by atoms with E-state index in [1.165, 1.54) is 6.26 Å². The van der Waals surface area contributed by atoms with Gasteiger partial charge in [-0.2, -0.15) is 0 Å². The average Bonchev–Trinajstić information content (AvgIpc) is 2.83. The Morgan fingerprint density at radius 3 is 1.80 bits per heavy atom. The highest BCUT2D eigenvalue weighted by Crippen LogP contribution is 2.33. The van der Waals surface area contributed by atoms with Gasteiger partial charge in [0.1, 0.15) is 6.26 Å². The van der Waals surface area contributed by atoms with Crippen molar-refractivity contribution in [2.75, 3.05) is 0 Å². The monoisotopic (exact) mass is 306 g/mol. The van der Waals surface area contributed by atoms with Gasteiger partial charge < -0.3 is 4.42 Å². The quantitative estimate of drug-likeness (QED) is 0.561. The van der Waals surface area contributed by atoms with Crippen LogP contribution in [0.25, 0.3) is 22.5 Å². The molecule has 1 nitrogen and oxygen atoms in total. The molecule has 100 valence electrons. The van der Waals surface area contributed by atoms with E-state index in [0.717, 1.165) is 5.56 Å². The van der Waals surface area contributed by atoms with Crippen LogP contribution >= 0.6 is 23.2 Å². The van der Waals surface area contributed by atoms with Crippen molar-refractivity contribution in [3.8, 4) is 22.5 Å². The van der Waals surface area contributed by atoms with Crippen molar-refractivity contribution in [3.05, 3.63) is 70.7 Å². The Kier molecular flexibility index (Phi) is 3.51. The molecule has 0 aliphatic carbocycles. The lowest BCUT2D eigenvalue weighted by Crippen LogP contribution is -1.82. The fourth-order valence-electron chi connectivity index (χ4n) is 1.96. The Hall–Kier alpha value is -1.77. The standard InChI is InChI=1S/C16H9Cl2FO/c17-12-5-1-10(2-6-12)14-9-20-16(15(14)19)11-3-7-13(18)8-4-11/h1-9H. The summed E-state index contributed by atoms with van der Waals surface area (Å²) in [5.41, 5.74) is 1.77. The Morgan fingerprint density at radius 1 is 0.750 bits per heavy atom. The maximum Gasteiger partial charge on any atom is 0.177 e. The van der Waals surface area contributed by atoms with Crippen LogP contribution in [0.15, 0.2) is 59.2 Å². The Bertz CT molecular complexity index is 667. The van der Waals surface area contributed by atoms with Gasteiger partial charge in [-0.05, 0) is 42.0 Å². The number of halogens is 3. The van der Waals surface area contributed by atoms with Gasteiger partial charge in [0.25, 0.3) is 0 Å². The van der Waals surface area contributed by atoms with E-state index in [1.54, 1.807) is 48.5 Å². The van der Waals surface area contributed by atoms with Crippen molar-refractivity contribution >= 4 is 23.2 Å². The van der Waals surface area contributed by atoms with Gasteiger partial charge >= 0.3 is 0 Å². The first-order valence-corrected chi connectivity index (χ1v) is 6.69. The van der Waals surface area contributed by atoms with Crippen LogP contribution in [0.5, 0.6) is 0 Å². The Morgan fingerprint density at radius 2 is 1.25 bits per heavy atom. The largest absolute Gasteiger partial charge is 0.460 e. The van der Waals surface area contributed by atoms with E-state index < -0.39 is 5.82 Å². The van der Waals surface area contributed by atoms with Crippen LogP contribution in [0, 0.1) is 5.82 Å². The molecule has 0 saturated heterocycles. The van der Waals surface area contributed by atoms with Gasteiger partial charge in [0, 0.05) is 15.6 Å². The zero-order chi connectivity index (χ0) is 14.1. The molecule has 0 aliphatic heterocycles. The van der Waals surface area contributed by atoms with E-state index >= 15 is 0 Å². The first-order valence-electron chi connectivity index (χ1n) is 5.94. The number of benzene rings is 2. The minimum atomic E-state index is -0.394. The van der Waals surface area contributed by atoms with E-state index in [1.807, 2.05) is 0 Å². The second-order valence-electron chi connectivity index (χ2n) is 4.31. The number of rotatable bonds is 2. The predicted octanol–water partition coefficient (Wildman–Crippen LogP) is 6.06. The van der Waals surface area contributed by atoms with Gasteiger partial charge in [-0.1, -0.05) is 35.3 Å². The molecule has 1 heterocycles. The van der Waals surface area contributed by atoms with Crippen LogP contribution in [0.2, 0.25) is 10.0 Å². The van der Waals surface area contributed by atoms with Crippen molar-refractivity contribution < 1.29 is 8.81 Å². The first kappa shape index (κ1) is 13.2. The molecular weight excluding hydrogens is 298 g/mol. The van der Waals surface area contributed by atoms with Crippen molar-refractivity contribution in [1.82, 2.24) is 0 Å². The van der Waals surface area contributed by atoms with Gasteiger partial charge in [0.15, 0.2) is 11.6 Å². The molecular formula is C16H9Cl2FO. The third kappa shape index (κ3) is 2.45. The molecule has 0 saturated carbocycles. The molecule has 0 fully saturated rings. The van der Waals surface area contributed by atoms with Crippen molar-refractivity contribution in [2.45, 2.75) is 0 Å². The summed E-state index contributed by atoms with van der Waals surface area (Å²) < 4.78 is 19.8. The number of hydrogen-bond donors (Lipinski definition) is 0. The molecule has 0 unspecified atom stereocenters.